The second-order valence-electron chi connectivity index (χ2n) is 4.33. The third-order valence-corrected chi connectivity index (χ3v) is 2.83. The maximum Gasteiger partial charge on any atom is 0.161 e. The van der Waals surface area contributed by atoms with Crippen molar-refractivity contribution >= 4 is 5.69 Å². The lowest BCUT2D eigenvalue weighted by molar-refractivity contribution is 0.909. The second-order valence-corrected chi connectivity index (χ2v) is 4.33. The van der Waals surface area contributed by atoms with Gasteiger partial charge in [0.05, 0.1) is 6.20 Å². The summed E-state index contributed by atoms with van der Waals surface area (Å²) in [5, 5.41) is 8.10. The molecule has 2 aromatic heterocycles. The molecule has 0 aliphatic heterocycles. The Labute approximate surface area is 110 Å². The zero-order chi connectivity index (χ0) is 13.2. The van der Waals surface area contributed by atoms with Crippen LogP contribution in [0.3, 0.4) is 0 Å². The standard InChI is InChI=1S/C14H13N5/c1-10-8-13(18-17-9-10)19-7-6-16-14(19)11-2-4-12(15)5-3-11/h2-9H,15H2,1H3. The number of nitrogen functional groups attached to an aromatic ring is 1. The van der Waals surface area contributed by atoms with Gasteiger partial charge in [0.15, 0.2) is 5.82 Å². The van der Waals surface area contributed by atoms with Gasteiger partial charge in [0.2, 0.25) is 0 Å². The smallest absolute Gasteiger partial charge is 0.161 e. The van der Waals surface area contributed by atoms with Crippen molar-refractivity contribution in [3.63, 3.8) is 0 Å². The molecule has 0 amide bonds. The number of aromatic nitrogens is 4. The minimum Gasteiger partial charge on any atom is -0.399 e. The van der Waals surface area contributed by atoms with Crippen molar-refractivity contribution < 1.29 is 0 Å². The van der Waals surface area contributed by atoms with Gasteiger partial charge in [-0.15, -0.1) is 5.10 Å². The van der Waals surface area contributed by atoms with E-state index in [9.17, 15) is 0 Å². The number of rotatable bonds is 2. The molecule has 0 radical (unpaired) electrons. The zero-order valence-electron chi connectivity index (χ0n) is 10.5. The molecule has 19 heavy (non-hydrogen) atoms. The Bertz CT molecular complexity index is 700. The molecule has 0 aliphatic carbocycles. The van der Waals surface area contributed by atoms with Gasteiger partial charge in [-0.05, 0) is 42.8 Å². The number of nitrogens with zero attached hydrogens (tertiary/aromatic N) is 4. The van der Waals surface area contributed by atoms with Gasteiger partial charge in [-0.3, -0.25) is 4.57 Å². The third-order valence-electron chi connectivity index (χ3n) is 2.83. The van der Waals surface area contributed by atoms with Gasteiger partial charge >= 0.3 is 0 Å². The van der Waals surface area contributed by atoms with Crippen molar-refractivity contribution in [1.29, 1.82) is 0 Å². The summed E-state index contributed by atoms with van der Waals surface area (Å²) < 4.78 is 1.91. The van der Waals surface area contributed by atoms with E-state index >= 15 is 0 Å². The summed E-state index contributed by atoms with van der Waals surface area (Å²) in [6.45, 7) is 1.98. The molecular formula is C14H13N5. The number of benzene rings is 1. The van der Waals surface area contributed by atoms with Gasteiger partial charge < -0.3 is 5.73 Å². The van der Waals surface area contributed by atoms with E-state index < -0.39 is 0 Å². The van der Waals surface area contributed by atoms with E-state index in [-0.39, 0.29) is 0 Å². The van der Waals surface area contributed by atoms with Crippen molar-refractivity contribution in [1.82, 2.24) is 19.7 Å². The van der Waals surface area contributed by atoms with Crippen LogP contribution in [0.4, 0.5) is 5.69 Å². The minimum absolute atomic E-state index is 0.734. The van der Waals surface area contributed by atoms with E-state index in [1.54, 1.807) is 12.4 Å². The first-order valence-corrected chi connectivity index (χ1v) is 5.93. The van der Waals surface area contributed by atoms with Crippen LogP contribution in [-0.4, -0.2) is 19.7 Å². The monoisotopic (exact) mass is 251 g/mol. The SMILES string of the molecule is Cc1cnnc(-n2ccnc2-c2ccc(N)cc2)c1. The van der Waals surface area contributed by atoms with Gasteiger partial charge in [0.25, 0.3) is 0 Å². The lowest BCUT2D eigenvalue weighted by Gasteiger charge is -2.07. The van der Waals surface area contributed by atoms with Crippen molar-refractivity contribution in [2.24, 2.45) is 0 Å². The normalized spacial score (nSPS) is 10.6. The van der Waals surface area contributed by atoms with Crippen LogP contribution in [0.25, 0.3) is 17.2 Å². The molecule has 0 bridgehead atoms. The second kappa shape index (κ2) is 4.53. The number of nitrogens with two attached hydrogens (primary N) is 1. The highest BCUT2D eigenvalue weighted by atomic mass is 15.2. The van der Waals surface area contributed by atoms with Crippen LogP contribution in [0, 0.1) is 6.92 Å². The predicted octanol–water partition coefficient (Wildman–Crippen LogP) is 2.22. The Morgan fingerprint density at radius 3 is 2.68 bits per heavy atom. The molecule has 3 rings (SSSR count). The van der Waals surface area contributed by atoms with Crippen molar-refractivity contribution in [3.8, 4) is 17.2 Å². The van der Waals surface area contributed by atoms with Gasteiger partial charge in [0.1, 0.15) is 5.82 Å². The van der Waals surface area contributed by atoms with E-state index in [0.717, 1.165) is 28.5 Å². The molecule has 94 valence electrons. The van der Waals surface area contributed by atoms with E-state index in [1.807, 2.05) is 48.0 Å². The lowest BCUT2D eigenvalue weighted by Crippen LogP contribution is -2.01. The topological polar surface area (TPSA) is 69.6 Å². The number of hydrogen-bond acceptors (Lipinski definition) is 4. The van der Waals surface area contributed by atoms with Crippen LogP contribution in [0.1, 0.15) is 5.56 Å². The Hall–Kier alpha value is -2.69. The minimum atomic E-state index is 0.734. The molecule has 2 N–H and O–H groups in total. The van der Waals surface area contributed by atoms with Crippen molar-refractivity contribution in [3.05, 3.63) is 54.5 Å². The summed E-state index contributed by atoms with van der Waals surface area (Å²) in [5.41, 5.74) is 8.48. The summed E-state index contributed by atoms with van der Waals surface area (Å²) in [5.74, 6) is 1.57. The average molecular weight is 251 g/mol. The predicted molar refractivity (Wildman–Crippen MR) is 73.7 cm³/mol. The van der Waals surface area contributed by atoms with E-state index in [1.165, 1.54) is 0 Å². The summed E-state index contributed by atoms with van der Waals surface area (Å²) in [6.07, 6.45) is 5.34. The number of aryl methyl sites for hydroxylation is 1. The molecule has 0 unspecified atom stereocenters. The van der Waals surface area contributed by atoms with Gasteiger partial charge in [-0.2, -0.15) is 5.10 Å². The quantitative estimate of drug-likeness (QED) is 0.709. The molecule has 0 saturated carbocycles. The molecule has 0 aliphatic rings. The van der Waals surface area contributed by atoms with Crippen LogP contribution >= 0.6 is 0 Å². The maximum absolute atomic E-state index is 5.70. The van der Waals surface area contributed by atoms with Gasteiger partial charge in [-0.1, -0.05) is 0 Å². The van der Waals surface area contributed by atoms with E-state index in [2.05, 4.69) is 15.2 Å². The third kappa shape index (κ3) is 2.18. The summed E-state index contributed by atoms with van der Waals surface area (Å²) in [4.78, 5) is 4.38. The average Bonchev–Trinajstić information content (AvgIpc) is 2.89. The van der Waals surface area contributed by atoms with Crippen molar-refractivity contribution in [2.45, 2.75) is 6.92 Å². The Balaban J connectivity index is 2.10. The first kappa shape index (κ1) is 11.4. The fraction of sp³-hybridized carbons (Fsp3) is 0.0714. The molecule has 0 fully saturated rings. The molecular weight excluding hydrogens is 238 g/mol. The molecule has 0 atom stereocenters. The number of hydrogen-bond donors (Lipinski definition) is 1. The highest BCUT2D eigenvalue weighted by molar-refractivity contribution is 5.60. The van der Waals surface area contributed by atoms with Gasteiger partial charge in [-0.25, -0.2) is 4.98 Å². The Morgan fingerprint density at radius 1 is 1.16 bits per heavy atom. The van der Waals surface area contributed by atoms with Crippen LogP contribution in [-0.2, 0) is 0 Å². The fourth-order valence-electron chi connectivity index (χ4n) is 1.90. The summed E-state index contributed by atoms with van der Waals surface area (Å²) in [7, 11) is 0. The van der Waals surface area contributed by atoms with Gasteiger partial charge in [0, 0.05) is 23.6 Å². The largest absolute Gasteiger partial charge is 0.399 e. The Morgan fingerprint density at radius 2 is 1.95 bits per heavy atom. The molecule has 5 nitrogen and oxygen atoms in total. The molecule has 3 aromatic rings. The van der Waals surface area contributed by atoms with E-state index in [0.29, 0.717) is 0 Å². The molecule has 0 saturated heterocycles. The zero-order valence-corrected chi connectivity index (χ0v) is 10.5. The first-order valence-electron chi connectivity index (χ1n) is 5.93. The van der Waals surface area contributed by atoms with Crippen molar-refractivity contribution in [2.75, 3.05) is 5.73 Å². The lowest BCUT2D eigenvalue weighted by atomic mass is 10.2. The highest BCUT2D eigenvalue weighted by Gasteiger charge is 2.08. The van der Waals surface area contributed by atoms with E-state index in [4.69, 9.17) is 5.73 Å². The first-order chi connectivity index (χ1) is 9.24. The molecule has 1 aromatic carbocycles. The summed E-state index contributed by atoms with van der Waals surface area (Å²) >= 11 is 0. The fourth-order valence-corrected chi connectivity index (χ4v) is 1.90. The Kier molecular flexibility index (Phi) is 2.72. The summed E-state index contributed by atoms with van der Waals surface area (Å²) in [6, 6.07) is 9.57. The van der Waals surface area contributed by atoms with Crippen LogP contribution in [0.15, 0.2) is 48.9 Å². The maximum atomic E-state index is 5.70. The number of anilines is 1. The van der Waals surface area contributed by atoms with Crippen LogP contribution in [0.5, 0.6) is 0 Å². The van der Waals surface area contributed by atoms with Crippen LogP contribution in [0.2, 0.25) is 0 Å². The van der Waals surface area contributed by atoms with Crippen LogP contribution < -0.4 is 5.73 Å². The molecule has 2 heterocycles. The highest BCUT2D eigenvalue weighted by Crippen LogP contribution is 2.21. The molecule has 5 heteroatoms. The molecule has 0 spiro atoms. The number of imidazole rings is 1.